The fourth-order valence-corrected chi connectivity index (χ4v) is 4.57. The Hall–Kier alpha value is -1.61. The SMILES string of the molecule is C[C@H]1CN(C2CCN(c3cnc(C(F)(F)F)cn3)CC2)[C@@H](Cc2ccc(Cl)cc2)CO1.Cl. The molecule has 176 valence electrons. The molecule has 2 atom stereocenters. The molecule has 4 rings (SSSR count). The van der Waals surface area contributed by atoms with Crippen LogP contribution in [0, 0.1) is 0 Å². The van der Waals surface area contributed by atoms with Gasteiger partial charge in [-0.05, 0) is 43.9 Å². The van der Waals surface area contributed by atoms with E-state index in [4.69, 9.17) is 16.3 Å². The zero-order chi connectivity index (χ0) is 22.0. The molecule has 2 aliphatic heterocycles. The number of hydrogen-bond donors (Lipinski definition) is 0. The summed E-state index contributed by atoms with van der Waals surface area (Å²) in [5, 5.41) is 0.730. The van der Waals surface area contributed by atoms with Gasteiger partial charge >= 0.3 is 6.18 Å². The number of nitrogens with zero attached hydrogens (tertiary/aromatic N) is 4. The smallest absolute Gasteiger partial charge is 0.376 e. The van der Waals surface area contributed by atoms with Crippen LogP contribution in [0.15, 0.2) is 36.7 Å². The molecule has 10 heteroatoms. The fourth-order valence-electron chi connectivity index (χ4n) is 4.44. The van der Waals surface area contributed by atoms with E-state index in [1.54, 1.807) is 0 Å². The summed E-state index contributed by atoms with van der Waals surface area (Å²) in [4.78, 5) is 12.1. The average Bonchev–Trinajstić information content (AvgIpc) is 2.76. The Morgan fingerprint density at radius 3 is 2.38 bits per heavy atom. The minimum Gasteiger partial charge on any atom is -0.376 e. The van der Waals surface area contributed by atoms with Gasteiger partial charge in [0.25, 0.3) is 0 Å². The summed E-state index contributed by atoms with van der Waals surface area (Å²) in [5.41, 5.74) is 0.272. The van der Waals surface area contributed by atoms with Crippen LogP contribution in [0.1, 0.15) is 31.0 Å². The van der Waals surface area contributed by atoms with Gasteiger partial charge in [0.2, 0.25) is 0 Å². The van der Waals surface area contributed by atoms with E-state index >= 15 is 0 Å². The molecule has 5 nitrogen and oxygen atoms in total. The van der Waals surface area contributed by atoms with Crippen molar-refractivity contribution in [2.24, 2.45) is 0 Å². The van der Waals surface area contributed by atoms with E-state index in [2.05, 4.69) is 33.9 Å². The van der Waals surface area contributed by atoms with Gasteiger partial charge in [-0.15, -0.1) is 12.4 Å². The third kappa shape index (κ3) is 6.04. The van der Waals surface area contributed by atoms with Gasteiger partial charge in [-0.1, -0.05) is 23.7 Å². The van der Waals surface area contributed by atoms with Gasteiger partial charge in [-0.25, -0.2) is 9.97 Å². The van der Waals surface area contributed by atoms with Crippen molar-refractivity contribution < 1.29 is 17.9 Å². The first-order chi connectivity index (χ1) is 14.8. The van der Waals surface area contributed by atoms with Crippen molar-refractivity contribution in [3.8, 4) is 0 Å². The largest absolute Gasteiger partial charge is 0.434 e. The van der Waals surface area contributed by atoms with Crippen LogP contribution in [0.2, 0.25) is 5.02 Å². The molecule has 2 fully saturated rings. The van der Waals surface area contributed by atoms with Crippen LogP contribution >= 0.6 is 24.0 Å². The molecule has 2 saturated heterocycles. The molecule has 3 heterocycles. The molecule has 0 amide bonds. The Labute approximate surface area is 197 Å². The van der Waals surface area contributed by atoms with Crippen molar-refractivity contribution in [1.29, 1.82) is 0 Å². The normalized spacial score (nSPS) is 23.1. The maximum Gasteiger partial charge on any atom is 0.434 e. The van der Waals surface area contributed by atoms with Gasteiger partial charge in [0.15, 0.2) is 5.69 Å². The average molecular weight is 491 g/mol. The summed E-state index contributed by atoms with van der Waals surface area (Å²) >= 11 is 6.01. The second-order valence-electron chi connectivity index (χ2n) is 8.30. The van der Waals surface area contributed by atoms with E-state index in [9.17, 15) is 13.2 Å². The van der Waals surface area contributed by atoms with Gasteiger partial charge < -0.3 is 9.64 Å². The zero-order valence-corrected chi connectivity index (χ0v) is 19.3. The molecular formula is C22H27Cl2F3N4O. The molecule has 0 bridgehead atoms. The molecular weight excluding hydrogens is 464 g/mol. The number of hydrogen-bond acceptors (Lipinski definition) is 5. The van der Waals surface area contributed by atoms with E-state index in [0.717, 1.165) is 50.1 Å². The predicted molar refractivity (Wildman–Crippen MR) is 121 cm³/mol. The molecule has 0 saturated carbocycles. The zero-order valence-electron chi connectivity index (χ0n) is 17.8. The Morgan fingerprint density at radius 2 is 1.78 bits per heavy atom. The van der Waals surface area contributed by atoms with Crippen LogP contribution in [0.3, 0.4) is 0 Å². The maximum atomic E-state index is 12.7. The first-order valence-corrected chi connectivity index (χ1v) is 10.9. The molecule has 1 aromatic carbocycles. The van der Waals surface area contributed by atoms with Crippen LogP contribution < -0.4 is 4.90 Å². The summed E-state index contributed by atoms with van der Waals surface area (Å²) < 4.78 is 44.1. The fraction of sp³-hybridized carbons (Fsp3) is 0.545. The van der Waals surface area contributed by atoms with Gasteiger partial charge in [0, 0.05) is 36.7 Å². The van der Waals surface area contributed by atoms with Crippen LogP contribution in [0.5, 0.6) is 0 Å². The third-order valence-corrected chi connectivity index (χ3v) is 6.33. The Morgan fingerprint density at radius 1 is 1.09 bits per heavy atom. The number of ether oxygens (including phenoxy) is 1. The summed E-state index contributed by atoms with van der Waals surface area (Å²) in [6, 6.07) is 8.64. The maximum absolute atomic E-state index is 12.7. The van der Waals surface area contributed by atoms with Crippen LogP contribution in [-0.4, -0.2) is 59.3 Å². The number of morpholine rings is 1. The van der Waals surface area contributed by atoms with E-state index in [0.29, 0.717) is 24.5 Å². The molecule has 1 aromatic heterocycles. The molecule has 0 radical (unpaired) electrons. The number of alkyl halides is 3. The lowest BCUT2D eigenvalue weighted by Crippen LogP contribution is -2.56. The van der Waals surface area contributed by atoms with Gasteiger partial charge in [0.05, 0.1) is 25.1 Å². The summed E-state index contributed by atoms with van der Waals surface area (Å²) in [5.74, 6) is 0.500. The summed E-state index contributed by atoms with van der Waals surface area (Å²) in [7, 11) is 0. The molecule has 2 aromatic rings. The molecule has 0 unspecified atom stereocenters. The molecule has 0 N–H and O–H groups in total. The topological polar surface area (TPSA) is 41.5 Å². The van der Waals surface area contributed by atoms with Crippen molar-refractivity contribution >= 4 is 29.8 Å². The third-order valence-electron chi connectivity index (χ3n) is 6.08. The van der Waals surface area contributed by atoms with E-state index in [1.165, 1.54) is 11.8 Å². The van der Waals surface area contributed by atoms with Gasteiger partial charge in [-0.3, -0.25) is 4.90 Å². The quantitative estimate of drug-likeness (QED) is 0.611. The minimum absolute atomic E-state index is 0. The van der Waals surface area contributed by atoms with E-state index in [1.807, 2.05) is 17.0 Å². The highest BCUT2D eigenvalue weighted by Gasteiger charge is 2.35. The molecule has 2 aliphatic rings. The second kappa shape index (κ2) is 10.5. The molecule has 32 heavy (non-hydrogen) atoms. The first kappa shape index (κ1) is 25.0. The van der Waals surface area contributed by atoms with Gasteiger partial charge in [-0.2, -0.15) is 13.2 Å². The highest BCUT2D eigenvalue weighted by Crippen LogP contribution is 2.29. The minimum atomic E-state index is -4.47. The van der Waals surface area contributed by atoms with Crippen molar-refractivity contribution in [3.63, 3.8) is 0 Å². The Balaban J connectivity index is 0.00000289. The second-order valence-corrected chi connectivity index (χ2v) is 8.74. The van der Waals surface area contributed by atoms with Crippen LogP contribution in [-0.2, 0) is 17.3 Å². The van der Waals surface area contributed by atoms with Gasteiger partial charge in [0.1, 0.15) is 5.82 Å². The van der Waals surface area contributed by atoms with E-state index < -0.39 is 11.9 Å². The van der Waals surface area contributed by atoms with Crippen LogP contribution in [0.4, 0.5) is 19.0 Å². The van der Waals surface area contributed by atoms with Crippen molar-refractivity contribution in [1.82, 2.24) is 14.9 Å². The first-order valence-electron chi connectivity index (χ1n) is 10.6. The van der Waals surface area contributed by atoms with E-state index in [-0.39, 0.29) is 18.5 Å². The number of aromatic nitrogens is 2. The van der Waals surface area contributed by atoms with Crippen molar-refractivity contribution in [2.45, 2.75) is 50.6 Å². The van der Waals surface area contributed by atoms with Crippen molar-refractivity contribution in [3.05, 3.63) is 52.9 Å². The number of halogens is 5. The Kier molecular flexibility index (Phi) is 8.25. The highest BCUT2D eigenvalue weighted by atomic mass is 35.5. The molecule has 0 spiro atoms. The lowest BCUT2D eigenvalue weighted by atomic mass is 9.96. The van der Waals surface area contributed by atoms with Crippen LogP contribution in [0.25, 0.3) is 0 Å². The number of piperidine rings is 1. The summed E-state index contributed by atoms with van der Waals surface area (Å²) in [6.45, 7) is 5.14. The predicted octanol–water partition coefficient (Wildman–Crippen LogP) is 4.87. The lowest BCUT2D eigenvalue weighted by Gasteiger charge is -2.46. The lowest BCUT2D eigenvalue weighted by molar-refractivity contribution is -0.141. The molecule has 0 aliphatic carbocycles. The highest BCUT2D eigenvalue weighted by molar-refractivity contribution is 6.30. The number of rotatable bonds is 4. The Bertz CT molecular complexity index is 859. The number of anilines is 1. The van der Waals surface area contributed by atoms with Crippen molar-refractivity contribution in [2.75, 3.05) is 31.1 Å². The monoisotopic (exact) mass is 490 g/mol. The summed E-state index contributed by atoms with van der Waals surface area (Å²) in [6.07, 6.45) is 0.495. The number of benzene rings is 1. The standard InChI is InChI=1S/C22H26ClF3N4O.ClH/c1-15-13-30(19(14-31-15)10-16-2-4-17(23)5-3-16)18-6-8-29(9-7-18)21-12-27-20(11-28-21)22(24,25)26;/h2-5,11-12,15,18-19H,6-10,13-14H2,1H3;1H/t15-,19-;/m0./s1.